The van der Waals surface area contributed by atoms with Gasteiger partial charge in [0.25, 0.3) is 0 Å². The number of hydrogen-bond donors (Lipinski definition) is 2. The van der Waals surface area contributed by atoms with Crippen LogP contribution in [0.5, 0.6) is 0 Å². The maximum Gasteiger partial charge on any atom is 0.316 e. The van der Waals surface area contributed by atoms with E-state index in [2.05, 4.69) is 0 Å². The van der Waals surface area contributed by atoms with Crippen molar-refractivity contribution in [3.8, 4) is 0 Å². The van der Waals surface area contributed by atoms with Crippen LogP contribution in [0, 0.1) is 0 Å². The fourth-order valence-corrected chi connectivity index (χ4v) is 2.43. The molecule has 1 rings (SSSR count). The van der Waals surface area contributed by atoms with Gasteiger partial charge in [0.05, 0.1) is 6.42 Å². The average molecular weight is 240 g/mol. The van der Waals surface area contributed by atoms with E-state index in [4.69, 9.17) is 5.11 Å². The van der Waals surface area contributed by atoms with Gasteiger partial charge in [-0.2, -0.15) is 0 Å². The highest BCUT2D eigenvalue weighted by molar-refractivity contribution is 7.66. The molecule has 2 N–H and O–H groups in total. The van der Waals surface area contributed by atoms with Gasteiger partial charge in [-0.05, 0) is 12.1 Å². The zero-order chi connectivity index (χ0) is 10.6. The molecule has 0 fully saturated rings. The Balaban J connectivity index is 0.00000196. The molecule has 0 aliphatic heterocycles. The van der Waals surface area contributed by atoms with Crippen molar-refractivity contribution in [1.82, 2.24) is 0 Å². The molecule has 0 spiro atoms. The third-order valence-electron chi connectivity index (χ3n) is 1.79. The van der Waals surface area contributed by atoms with E-state index in [0.29, 0.717) is 5.30 Å². The molecule has 4 nitrogen and oxygen atoms in total. The molecule has 1 aromatic carbocycles. The second kappa shape index (κ2) is 6.28. The lowest BCUT2D eigenvalue weighted by atomic mass is 10.4. The molecular formula is C9H13MgO4P. The van der Waals surface area contributed by atoms with Crippen molar-refractivity contribution in [2.75, 3.05) is 6.16 Å². The molecule has 1 atom stereocenters. The van der Waals surface area contributed by atoms with Crippen LogP contribution in [0.2, 0.25) is 0 Å². The van der Waals surface area contributed by atoms with Gasteiger partial charge < -0.3 is 10.00 Å². The first-order chi connectivity index (χ1) is 6.52. The number of carboxylic acid groups (broad SMARTS) is 1. The van der Waals surface area contributed by atoms with Crippen LogP contribution < -0.4 is 5.30 Å². The van der Waals surface area contributed by atoms with Crippen LogP contribution in [0.15, 0.2) is 30.3 Å². The first kappa shape index (κ1) is 14.6. The summed E-state index contributed by atoms with van der Waals surface area (Å²) in [4.78, 5) is 19.8. The Bertz CT molecular complexity index is 366. The maximum atomic E-state index is 11.6. The number of benzene rings is 1. The number of carbonyl (C=O) groups is 1. The summed E-state index contributed by atoms with van der Waals surface area (Å²) in [6.07, 6.45) is -0.505. The SMILES string of the molecule is O=C(O)CCP(=O)(O)c1ccccc1.[MgH2]. The minimum absolute atomic E-state index is 0. The van der Waals surface area contributed by atoms with Crippen molar-refractivity contribution in [2.24, 2.45) is 0 Å². The second-order valence-electron chi connectivity index (χ2n) is 2.90. The Labute approximate surface area is 104 Å². The Kier molecular flexibility index (Phi) is 6.13. The van der Waals surface area contributed by atoms with Gasteiger partial charge in [0.1, 0.15) is 0 Å². The van der Waals surface area contributed by atoms with E-state index in [1.165, 1.54) is 12.1 Å². The Hall–Kier alpha value is -0.354. The summed E-state index contributed by atoms with van der Waals surface area (Å²) in [6.45, 7) is 0. The third kappa shape index (κ3) is 4.80. The highest BCUT2D eigenvalue weighted by Crippen LogP contribution is 2.39. The second-order valence-corrected chi connectivity index (χ2v) is 5.27. The lowest BCUT2D eigenvalue weighted by molar-refractivity contribution is -0.136. The minimum atomic E-state index is -3.48. The summed E-state index contributed by atoms with van der Waals surface area (Å²) in [5.41, 5.74) is 0. The molecule has 0 amide bonds. The molecule has 0 saturated heterocycles. The summed E-state index contributed by atoms with van der Waals surface area (Å²) < 4.78 is 11.6. The number of carboxylic acids is 1. The number of hydrogen-bond acceptors (Lipinski definition) is 2. The number of rotatable bonds is 4. The van der Waals surface area contributed by atoms with E-state index < -0.39 is 13.3 Å². The quantitative estimate of drug-likeness (QED) is 0.580. The van der Waals surface area contributed by atoms with Crippen molar-refractivity contribution < 1.29 is 19.4 Å². The maximum absolute atomic E-state index is 11.6. The van der Waals surface area contributed by atoms with Gasteiger partial charge in [-0.25, -0.2) is 0 Å². The summed E-state index contributed by atoms with van der Waals surface area (Å²) >= 11 is 0. The predicted octanol–water partition coefficient (Wildman–Crippen LogP) is 0.141. The van der Waals surface area contributed by atoms with E-state index in [-0.39, 0.29) is 35.6 Å². The molecule has 0 aliphatic rings. The Morgan fingerprint density at radius 3 is 2.27 bits per heavy atom. The van der Waals surface area contributed by atoms with Crippen molar-refractivity contribution in [1.29, 1.82) is 0 Å². The first-order valence-corrected chi connectivity index (χ1v) is 5.96. The molecule has 0 aromatic heterocycles. The van der Waals surface area contributed by atoms with Gasteiger partial charge in [-0.1, -0.05) is 18.2 Å². The fourth-order valence-electron chi connectivity index (χ4n) is 1.04. The standard InChI is InChI=1S/C9H11O4P.Mg.2H/c10-9(11)6-7-14(12,13)8-4-2-1-3-5-8;;;/h1-5H,6-7H2,(H,10,11)(H,12,13);;;. The Morgan fingerprint density at radius 2 is 1.80 bits per heavy atom. The van der Waals surface area contributed by atoms with Crippen molar-refractivity contribution >= 4 is 41.7 Å². The van der Waals surface area contributed by atoms with E-state index in [1.54, 1.807) is 18.2 Å². The van der Waals surface area contributed by atoms with Crippen LogP contribution in [0.25, 0.3) is 0 Å². The van der Waals surface area contributed by atoms with Crippen LogP contribution in [-0.2, 0) is 9.36 Å². The van der Waals surface area contributed by atoms with Crippen molar-refractivity contribution in [2.45, 2.75) is 6.42 Å². The predicted molar refractivity (Wildman–Crippen MR) is 61.6 cm³/mol. The van der Waals surface area contributed by atoms with Gasteiger partial charge in [0.2, 0.25) is 7.37 Å². The van der Waals surface area contributed by atoms with Gasteiger partial charge in [-0.3, -0.25) is 9.36 Å². The normalized spacial score (nSPS) is 13.7. The monoisotopic (exact) mass is 240 g/mol. The topological polar surface area (TPSA) is 74.6 Å². The van der Waals surface area contributed by atoms with E-state index >= 15 is 0 Å². The van der Waals surface area contributed by atoms with E-state index in [1.807, 2.05) is 0 Å². The molecule has 0 heterocycles. The van der Waals surface area contributed by atoms with Gasteiger partial charge in [0, 0.05) is 11.5 Å². The van der Waals surface area contributed by atoms with Crippen molar-refractivity contribution in [3.05, 3.63) is 30.3 Å². The van der Waals surface area contributed by atoms with Gasteiger partial charge in [-0.15, -0.1) is 0 Å². The Morgan fingerprint density at radius 1 is 1.27 bits per heavy atom. The zero-order valence-electron chi connectivity index (χ0n) is 7.46. The fraction of sp³-hybridized carbons (Fsp3) is 0.222. The molecule has 0 radical (unpaired) electrons. The molecule has 0 bridgehead atoms. The molecule has 0 aliphatic carbocycles. The zero-order valence-corrected chi connectivity index (χ0v) is 8.35. The molecule has 6 heteroatoms. The van der Waals surface area contributed by atoms with Crippen molar-refractivity contribution in [3.63, 3.8) is 0 Å². The van der Waals surface area contributed by atoms with Gasteiger partial charge >= 0.3 is 29.0 Å². The molecule has 1 aromatic rings. The summed E-state index contributed by atoms with van der Waals surface area (Å²) in [5.74, 6) is -1.06. The van der Waals surface area contributed by atoms with Crippen LogP contribution in [0.1, 0.15) is 6.42 Å². The molecule has 15 heavy (non-hydrogen) atoms. The summed E-state index contributed by atoms with van der Waals surface area (Å²) in [6, 6.07) is 8.10. The van der Waals surface area contributed by atoms with Crippen LogP contribution in [-0.4, -0.2) is 45.2 Å². The number of aliphatic carboxylic acids is 1. The lowest BCUT2D eigenvalue weighted by Crippen LogP contribution is -2.09. The summed E-state index contributed by atoms with van der Waals surface area (Å²) in [5, 5.41) is 8.70. The first-order valence-electron chi connectivity index (χ1n) is 4.11. The highest BCUT2D eigenvalue weighted by Gasteiger charge is 2.21. The van der Waals surface area contributed by atoms with E-state index in [9.17, 15) is 14.3 Å². The lowest BCUT2D eigenvalue weighted by Gasteiger charge is -2.09. The van der Waals surface area contributed by atoms with E-state index in [0.717, 1.165) is 0 Å². The highest BCUT2D eigenvalue weighted by atomic mass is 31.2. The van der Waals surface area contributed by atoms with Crippen LogP contribution >= 0.6 is 7.37 Å². The molecular weight excluding hydrogens is 227 g/mol. The molecule has 1 unspecified atom stereocenters. The van der Waals surface area contributed by atoms with Crippen LogP contribution in [0.3, 0.4) is 0 Å². The molecule has 80 valence electrons. The minimum Gasteiger partial charge on any atom is -0.481 e. The average Bonchev–Trinajstić information content (AvgIpc) is 2.16. The largest absolute Gasteiger partial charge is 0.481 e. The van der Waals surface area contributed by atoms with Crippen LogP contribution in [0.4, 0.5) is 0 Å². The smallest absolute Gasteiger partial charge is 0.316 e. The third-order valence-corrected chi connectivity index (χ3v) is 3.72. The summed E-state index contributed by atoms with van der Waals surface area (Å²) in [7, 11) is -3.48. The molecule has 0 saturated carbocycles. The van der Waals surface area contributed by atoms with Gasteiger partial charge in [0.15, 0.2) is 0 Å².